The molecule has 0 spiro atoms. The van der Waals surface area contributed by atoms with E-state index in [9.17, 15) is 0 Å². The number of rotatable bonds is 8. The Morgan fingerprint density at radius 1 is 0.577 bits per heavy atom. The third-order valence-electron chi connectivity index (χ3n) is 5.09. The van der Waals surface area contributed by atoms with Crippen molar-refractivity contribution < 1.29 is 0 Å². The second-order valence-electron chi connectivity index (χ2n) is 7.14. The van der Waals surface area contributed by atoms with E-state index in [-0.39, 0.29) is 0 Å². The zero-order valence-corrected chi connectivity index (χ0v) is 16.2. The van der Waals surface area contributed by atoms with Crippen LogP contribution in [0.5, 0.6) is 0 Å². The molecule has 0 aliphatic carbocycles. The van der Waals surface area contributed by atoms with Gasteiger partial charge in [0.1, 0.15) is 0 Å². The van der Waals surface area contributed by atoms with Crippen molar-refractivity contribution in [1.29, 1.82) is 0 Å². The number of hydrogen-bond acceptors (Lipinski definition) is 0. The molecule has 0 bridgehead atoms. The number of aryl methyl sites for hydroxylation is 2. The highest BCUT2D eigenvalue weighted by atomic mass is 14.1. The molecule has 0 saturated heterocycles. The summed E-state index contributed by atoms with van der Waals surface area (Å²) in [5.41, 5.74) is 8.29. The Morgan fingerprint density at radius 3 is 1.88 bits per heavy atom. The lowest BCUT2D eigenvalue weighted by molar-refractivity contribution is 0.781. The molecular formula is C26H30. The molecule has 0 aliphatic heterocycles. The maximum atomic E-state index is 2.45. The van der Waals surface area contributed by atoms with Crippen LogP contribution in [0, 0.1) is 0 Å². The van der Waals surface area contributed by atoms with E-state index in [1.165, 1.54) is 71.9 Å². The smallest absolute Gasteiger partial charge is 0.0152 e. The van der Waals surface area contributed by atoms with Gasteiger partial charge in [0.2, 0.25) is 0 Å². The van der Waals surface area contributed by atoms with Gasteiger partial charge in [-0.2, -0.15) is 0 Å². The maximum Gasteiger partial charge on any atom is -0.0152 e. The van der Waals surface area contributed by atoms with Crippen molar-refractivity contribution >= 4 is 0 Å². The normalized spacial score (nSPS) is 10.8. The topological polar surface area (TPSA) is 0 Å². The van der Waals surface area contributed by atoms with E-state index < -0.39 is 0 Å². The van der Waals surface area contributed by atoms with Crippen molar-refractivity contribution in [3.8, 4) is 22.3 Å². The van der Waals surface area contributed by atoms with Gasteiger partial charge >= 0.3 is 0 Å². The average Bonchev–Trinajstić information content (AvgIpc) is 2.71. The lowest BCUT2D eigenvalue weighted by Crippen LogP contribution is -1.94. The van der Waals surface area contributed by atoms with Crippen molar-refractivity contribution in [2.45, 2.75) is 52.4 Å². The fourth-order valence-electron chi connectivity index (χ4n) is 3.51. The minimum atomic E-state index is 1.17. The Bertz CT molecular complexity index is 797. The summed E-state index contributed by atoms with van der Waals surface area (Å²) in [7, 11) is 0. The van der Waals surface area contributed by atoms with Crippen LogP contribution in [0.3, 0.4) is 0 Å². The fraction of sp³-hybridized carbons (Fsp3) is 0.308. The molecule has 134 valence electrons. The maximum absolute atomic E-state index is 2.45. The molecule has 0 atom stereocenters. The molecule has 0 nitrogen and oxygen atoms in total. The molecule has 0 amide bonds. The molecule has 3 aromatic rings. The van der Waals surface area contributed by atoms with Crippen molar-refractivity contribution in [1.82, 2.24) is 0 Å². The summed E-state index contributed by atoms with van der Waals surface area (Å²) in [6.45, 7) is 4.54. The molecule has 0 fully saturated rings. The van der Waals surface area contributed by atoms with Gasteiger partial charge in [-0.15, -0.1) is 0 Å². The van der Waals surface area contributed by atoms with E-state index in [0.29, 0.717) is 0 Å². The molecule has 3 rings (SSSR count). The first kappa shape index (κ1) is 18.5. The zero-order valence-electron chi connectivity index (χ0n) is 16.2. The van der Waals surface area contributed by atoms with Gasteiger partial charge in [-0.3, -0.25) is 0 Å². The lowest BCUT2D eigenvalue weighted by atomic mass is 9.92. The molecule has 0 saturated carbocycles. The minimum absolute atomic E-state index is 1.17. The quantitative estimate of drug-likeness (QED) is 0.393. The highest BCUT2D eigenvalue weighted by Crippen LogP contribution is 2.29. The average molecular weight is 343 g/mol. The fourth-order valence-corrected chi connectivity index (χ4v) is 3.51. The second kappa shape index (κ2) is 9.38. The summed E-state index contributed by atoms with van der Waals surface area (Å²) in [6.07, 6.45) is 7.40. The van der Waals surface area contributed by atoms with Gasteiger partial charge in [-0.25, -0.2) is 0 Å². The summed E-state index contributed by atoms with van der Waals surface area (Å²) in [5, 5.41) is 0. The molecule has 0 unspecified atom stereocenters. The summed E-state index contributed by atoms with van der Waals surface area (Å²) >= 11 is 0. The van der Waals surface area contributed by atoms with Crippen LogP contribution >= 0.6 is 0 Å². The van der Waals surface area contributed by atoms with Crippen LogP contribution in [0.25, 0.3) is 22.3 Å². The van der Waals surface area contributed by atoms with Gasteiger partial charge in [0, 0.05) is 0 Å². The predicted molar refractivity (Wildman–Crippen MR) is 115 cm³/mol. The Balaban J connectivity index is 1.89. The lowest BCUT2D eigenvalue weighted by Gasteiger charge is -2.13. The van der Waals surface area contributed by atoms with Crippen molar-refractivity contribution in [3.63, 3.8) is 0 Å². The van der Waals surface area contributed by atoms with E-state index in [4.69, 9.17) is 0 Å². The van der Waals surface area contributed by atoms with E-state index in [0.717, 1.165) is 0 Å². The third-order valence-corrected chi connectivity index (χ3v) is 5.09. The molecule has 0 aliphatic rings. The van der Waals surface area contributed by atoms with Crippen molar-refractivity contribution in [2.75, 3.05) is 0 Å². The first-order valence-corrected chi connectivity index (χ1v) is 10.1. The van der Waals surface area contributed by atoms with Crippen molar-refractivity contribution in [3.05, 3.63) is 83.9 Å². The van der Waals surface area contributed by atoms with Crippen LogP contribution in [-0.2, 0) is 12.8 Å². The Morgan fingerprint density at radius 2 is 1.19 bits per heavy atom. The van der Waals surface area contributed by atoms with Crippen LogP contribution < -0.4 is 0 Å². The molecule has 26 heavy (non-hydrogen) atoms. The van der Waals surface area contributed by atoms with Gasteiger partial charge < -0.3 is 0 Å². The SMILES string of the molecule is CCCCc1ccc(-c2ccc(-c3ccccc3)cc2)c(CCCC)c1. The molecule has 0 radical (unpaired) electrons. The Hall–Kier alpha value is -2.34. The number of hydrogen-bond donors (Lipinski definition) is 0. The molecular weight excluding hydrogens is 312 g/mol. The van der Waals surface area contributed by atoms with E-state index in [1.54, 1.807) is 0 Å². The van der Waals surface area contributed by atoms with E-state index in [1.807, 2.05) is 0 Å². The molecule has 0 heterocycles. The molecule has 3 aromatic carbocycles. The van der Waals surface area contributed by atoms with Crippen LogP contribution in [0.4, 0.5) is 0 Å². The number of benzene rings is 3. The molecule has 0 aromatic heterocycles. The highest BCUT2D eigenvalue weighted by molar-refractivity contribution is 5.72. The van der Waals surface area contributed by atoms with Gasteiger partial charge in [0.05, 0.1) is 0 Å². The second-order valence-corrected chi connectivity index (χ2v) is 7.14. The summed E-state index contributed by atoms with van der Waals surface area (Å²) in [6, 6.07) is 26.8. The Labute approximate surface area is 158 Å². The minimum Gasteiger partial charge on any atom is -0.0654 e. The van der Waals surface area contributed by atoms with Crippen LogP contribution in [0.2, 0.25) is 0 Å². The van der Waals surface area contributed by atoms with Crippen LogP contribution in [-0.4, -0.2) is 0 Å². The van der Waals surface area contributed by atoms with Crippen LogP contribution in [0.15, 0.2) is 72.8 Å². The van der Waals surface area contributed by atoms with Crippen LogP contribution in [0.1, 0.15) is 50.7 Å². The summed E-state index contributed by atoms with van der Waals surface area (Å²) < 4.78 is 0. The first-order chi connectivity index (χ1) is 12.8. The zero-order chi connectivity index (χ0) is 18.2. The predicted octanol–water partition coefficient (Wildman–Crippen LogP) is 7.71. The number of unbranched alkanes of at least 4 members (excludes halogenated alkanes) is 2. The van der Waals surface area contributed by atoms with Crippen molar-refractivity contribution in [2.24, 2.45) is 0 Å². The van der Waals surface area contributed by atoms with Gasteiger partial charge in [-0.05, 0) is 59.1 Å². The third kappa shape index (κ3) is 4.64. The molecule has 0 N–H and O–H groups in total. The van der Waals surface area contributed by atoms with Gasteiger partial charge in [-0.1, -0.05) is 99.5 Å². The largest absolute Gasteiger partial charge is 0.0654 e. The van der Waals surface area contributed by atoms with Gasteiger partial charge in [0.25, 0.3) is 0 Å². The Kier molecular flexibility index (Phi) is 6.66. The van der Waals surface area contributed by atoms with E-state index >= 15 is 0 Å². The standard InChI is InChI=1S/C26H30/c1-3-5-10-21-14-19-26(25(20-21)11-6-4-2)24-17-15-23(16-18-24)22-12-8-7-9-13-22/h7-9,12-20H,3-6,10-11H2,1-2H3. The monoisotopic (exact) mass is 342 g/mol. The molecule has 0 heteroatoms. The summed E-state index contributed by atoms with van der Waals surface area (Å²) in [4.78, 5) is 0. The summed E-state index contributed by atoms with van der Waals surface area (Å²) in [5.74, 6) is 0. The highest BCUT2D eigenvalue weighted by Gasteiger charge is 2.07. The van der Waals surface area contributed by atoms with E-state index in [2.05, 4.69) is 86.6 Å². The first-order valence-electron chi connectivity index (χ1n) is 10.1. The van der Waals surface area contributed by atoms with Gasteiger partial charge in [0.15, 0.2) is 0 Å².